The summed E-state index contributed by atoms with van der Waals surface area (Å²) >= 11 is 0. The molecule has 5 aromatic rings. The van der Waals surface area contributed by atoms with Crippen LogP contribution in [0.2, 0.25) is 0 Å². The minimum atomic E-state index is -0.736. The highest BCUT2D eigenvalue weighted by atomic mass is 19.1. The maximum Gasteiger partial charge on any atom is 0.256 e. The predicted octanol–water partition coefficient (Wildman–Crippen LogP) is 4.83. The molecule has 3 aromatic carbocycles. The number of nitrogens with zero attached hydrogens (tertiary/aromatic N) is 5. The molecule has 1 aliphatic rings. The molecule has 0 saturated carbocycles. The van der Waals surface area contributed by atoms with Crippen LogP contribution in [0.5, 0.6) is 0 Å². The number of piperazine rings is 1. The number of anilines is 2. The molecule has 228 valence electrons. The van der Waals surface area contributed by atoms with Gasteiger partial charge in [0.05, 0.1) is 11.4 Å². The van der Waals surface area contributed by atoms with Crippen LogP contribution in [0, 0.1) is 18.6 Å². The third-order valence-electron chi connectivity index (χ3n) is 7.97. The van der Waals surface area contributed by atoms with Gasteiger partial charge in [-0.1, -0.05) is 6.07 Å². The fourth-order valence-corrected chi connectivity index (χ4v) is 5.42. The lowest BCUT2D eigenvalue weighted by molar-refractivity contribution is 0.0949. The SMILES string of the molecule is CC(=O)c1ccc(N2CCN(c3nc(C)c4ccc(=O)n(-c5ccc(C(=O)NCc6ccc(F)cc6F)cc5)c4n3)CC2)cc1. The molecular formula is C34H30F2N6O3. The molecule has 3 heterocycles. The van der Waals surface area contributed by atoms with E-state index in [4.69, 9.17) is 9.97 Å². The van der Waals surface area contributed by atoms with E-state index in [-0.39, 0.29) is 23.5 Å². The van der Waals surface area contributed by atoms with E-state index in [1.54, 1.807) is 37.3 Å². The summed E-state index contributed by atoms with van der Waals surface area (Å²) in [5.74, 6) is -1.31. The van der Waals surface area contributed by atoms with Gasteiger partial charge in [0.1, 0.15) is 11.6 Å². The Morgan fingerprint density at radius 2 is 1.44 bits per heavy atom. The fraction of sp³-hybridized carbons (Fsp3) is 0.206. The Hall–Kier alpha value is -5.45. The monoisotopic (exact) mass is 608 g/mol. The first-order chi connectivity index (χ1) is 21.7. The van der Waals surface area contributed by atoms with Crippen LogP contribution in [0.15, 0.2) is 83.7 Å². The zero-order chi connectivity index (χ0) is 31.7. The van der Waals surface area contributed by atoms with Crippen LogP contribution in [-0.2, 0) is 6.54 Å². The van der Waals surface area contributed by atoms with Gasteiger partial charge in [0.25, 0.3) is 11.5 Å². The summed E-state index contributed by atoms with van der Waals surface area (Å²) in [4.78, 5) is 51.4. The molecule has 1 amide bonds. The zero-order valence-corrected chi connectivity index (χ0v) is 24.8. The molecule has 45 heavy (non-hydrogen) atoms. The second-order valence-electron chi connectivity index (χ2n) is 10.9. The fourth-order valence-electron chi connectivity index (χ4n) is 5.42. The highest BCUT2D eigenvalue weighted by molar-refractivity contribution is 5.95. The highest BCUT2D eigenvalue weighted by Gasteiger charge is 2.22. The largest absolute Gasteiger partial charge is 0.368 e. The molecule has 0 atom stereocenters. The van der Waals surface area contributed by atoms with Crippen LogP contribution in [0.25, 0.3) is 16.7 Å². The molecule has 1 fully saturated rings. The normalized spacial score (nSPS) is 13.2. The van der Waals surface area contributed by atoms with Crippen molar-refractivity contribution in [3.05, 3.63) is 123 Å². The van der Waals surface area contributed by atoms with Gasteiger partial charge in [0, 0.05) is 72.6 Å². The molecule has 0 spiro atoms. The number of carbonyl (C=O) groups is 2. The molecule has 6 rings (SSSR count). The average molecular weight is 609 g/mol. The molecular weight excluding hydrogens is 578 g/mol. The Kier molecular flexibility index (Phi) is 8.08. The molecule has 0 aliphatic carbocycles. The Morgan fingerprint density at radius 3 is 2.11 bits per heavy atom. The summed E-state index contributed by atoms with van der Waals surface area (Å²) in [5, 5.41) is 3.36. The number of amides is 1. The van der Waals surface area contributed by atoms with Crippen molar-refractivity contribution in [3.63, 3.8) is 0 Å². The molecule has 11 heteroatoms. The lowest BCUT2D eigenvalue weighted by Gasteiger charge is -2.36. The standard InChI is InChI=1S/C34H30F2N6O3/c1-21-29-13-14-31(44)42(28-11-6-24(7-12-28)33(45)37-20-25-3-8-26(35)19-30(25)36)32(29)39-34(38-21)41-17-15-40(16-18-41)27-9-4-23(5-10-27)22(2)43/h3-14,19H,15-18,20H2,1-2H3,(H,37,45). The Balaban J connectivity index is 1.21. The van der Waals surface area contributed by atoms with Crippen molar-refractivity contribution in [2.24, 2.45) is 0 Å². The number of Topliss-reactive ketones (excluding diaryl/α,β-unsaturated/α-hetero) is 1. The maximum absolute atomic E-state index is 14.0. The van der Waals surface area contributed by atoms with Gasteiger partial charge < -0.3 is 15.1 Å². The summed E-state index contributed by atoms with van der Waals surface area (Å²) < 4.78 is 28.6. The van der Waals surface area contributed by atoms with Gasteiger partial charge in [-0.2, -0.15) is 4.98 Å². The van der Waals surface area contributed by atoms with Gasteiger partial charge in [-0.15, -0.1) is 0 Å². The van der Waals surface area contributed by atoms with Crippen LogP contribution in [-0.4, -0.2) is 52.4 Å². The average Bonchev–Trinajstić information content (AvgIpc) is 3.04. The van der Waals surface area contributed by atoms with Crippen LogP contribution < -0.4 is 20.7 Å². The number of rotatable bonds is 7. The zero-order valence-electron chi connectivity index (χ0n) is 24.8. The number of hydrogen-bond donors (Lipinski definition) is 1. The van der Waals surface area contributed by atoms with Gasteiger partial charge in [0.15, 0.2) is 11.4 Å². The van der Waals surface area contributed by atoms with Gasteiger partial charge in [0.2, 0.25) is 5.95 Å². The third kappa shape index (κ3) is 6.14. The van der Waals surface area contributed by atoms with E-state index in [1.807, 2.05) is 31.2 Å². The van der Waals surface area contributed by atoms with Gasteiger partial charge in [-0.05, 0) is 74.5 Å². The van der Waals surface area contributed by atoms with Crippen molar-refractivity contribution in [2.45, 2.75) is 20.4 Å². The lowest BCUT2D eigenvalue weighted by atomic mass is 10.1. The van der Waals surface area contributed by atoms with E-state index in [0.717, 1.165) is 42.0 Å². The summed E-state index contributed by atoms with van der Waals surface area (Å²) in [7, 11) is 0. The van der Waals surface area contributed by atoms with E-state index in [9.17, 15) is 23.2 Å². The molecule has 1 N–H and O–H groups in total. The van der Waals surface area contributed by atoms with Gasteiger partial charge in [-0.25, -0.2) is 13.8 Å². The number of ketones is 1. The molecule has 0 bridgehead atoms. The quantitative estimate of drug-likeness (QED) is 0.264. The first kappa shape index (κ1) is 29.6. The summed E-state index contributed by atoms with van der Waals surface area (Å²) in [5.41, 5.74) is 3.63. The smallest absolute Gasteiger partial charge is 0.256 e. The van der Waals surface area contributed by atoms with Crippen molar-refractivity contribution in [2.75, 3.05) is 36.0 Å². The van der Waals surface area contributed by atoms with E-state index < -0.39 is 17.5 Å². The summed E-state index contributed by atoms with van der Waals surface area (Å²) in [6.45, 7) is 6.14. The number of fused-ring (bicyclic) bond motifs is 1. The van der Waals surface area contributed by atoms with E-state index in [1.165, 1.54) is 16.7 Å². The van der Waals surface area contributed by atoms with Crippen molar-refractivity contribution >= 4 is 34.4 Å². The third-order valence-corrected chi connectivity index (χ3v) is 7.97. The van der Waals surface area contributed by atoms with Gasteiger partial charge in [-0.3, -0.25) is 19.0 Å². The minimum Gasteiger partial charge on any atom is -0.368 e. The molecule has 0 radical (unpaired) electrons. The first-order valence-electron chi connectivity index (χ1n) is 14.5. The number of carbonyl (C=O) groups excluding carboxylic acids is 2. The second kappa shape index (κ2) is 12.3. The number of pyridine rings is 1. The second-order valence-corrected chi connectivity index (χ2v) is 10.9. The van der Waals surface area contributed by atoms with E-state index >= 15 is 0 Å². The van der Waals surface area contributed by atoms with E-state index in [2.05, 4.69) is 15.1 Å². The van der Waals surface area contributed by atoms with Crippen LogP contribution >= 0.6 is 0 Å². The highest BCUT2D eigenvalue weighted by Crippen LogP contribution is 2.24. The number of hydrogen-bond acceptors (Lipinski definition) is 7. The van der Waals surface area contributed by atoms with Crippen molar-refractivity contribution in [1.82, 2.24) is 19.9 Å². The lowest BCUT2D eigenvalue weighted by Crippen LogP contribution is -2.47. The topological polar surface area (TPSA) is 100 Å². The molecule has 9 nitrogen and oxygen atoms in total. The van der Waals surface area contributed by atoms with E-state index in [0.29, 0.717) is 41.5 Å². The van der Waals surface area contributed by atoms with Crippen molar-refractivity contribution < 1.29 is 18.4 Å². The number of aromatic nitrogens is 3. The number of benzene rings is 3. The molecule has 2 aromatic heterocycles. The van der Waals surface area contributed by atoms with Crippen LogP contribution in [0.3, 0.4) is 0 Å². The summed E-state index contributed by atoms with van der Waals surface area (Å²) in [6.07, 6.45) is 0. The Labute approximate surface area is 257 Å². The summed E-state index contributed by atoms with van der Waals surface area (Å²) in [6, 6.07) is 20.4. The molecule has 1 aliphatic heterocycles. The first-order valence-corrected chi connectivity index (χ1v) is 14.5. The number of aryl methyl sites for hydroxylation is 1. The number of nitrogens with one attached hydrogen (secondary N) is 1. The van der Waals surface area contributed by atoms with Crippen LogP contribution in [0.4, 0.5) is 20.4 Å². The van der Waals surface area contributed by atoms with Crippen LogP contribution in [0.1, 0.15) is 38.9 Å². The minimum absolute atomic E-state index is 0.0337. The Bertz CT molecular complexity index is 1970. The number of halogens is 2. The Morgan fingerprint density at radius 1 is 0.800 bits per heavy atom. The molecule has 1 saturated heterocycles. The van der Waals surface area contributed by atoms with Crippen molar-refractivity contribution in [1.29, 1.82) is 0 Å². The van der Waals surface area contributed by atoms with Crippen molar-refractivity contribution in [3.8, 4) is 5.69 Å². The van der Waals surface area contributed by atoms with Gasteiger partial charge >= 0.3 is 0 Å². The maximum atomic E-state index is 14.0. The molecule has 0 unspecified atom stereocenters. The predicted molar refractivity (Wildman–Crippen MR) is 168 cm³/mol.